The van der Waals surface area contributed by atoms with E-state index in [1.165, 1.54) is 0 Å². The Kier molecular flexibility index (Phi) is 3.42. The van der Waals surface area contributed by atoms with Crippen LogP contribution in [0.15, 0.2) is 35.3 Å². The molecule has 0 aliphatic rings. The molecule has 2 N–H and O–H groups in total. The molecule has 0 saturated heterocycles. The summed E-state index contributed by atoms with van der Waals surface area (Å²) in [6.07, 6.45) is 1.55. The summed E-state index contributed by atoms with van der Waals surface area (Å²) in [6, 6.07) is 6.92. The van der Waals surface area contributed by atoms with Gasteiger partial charge in [-0.15, -0.1) is 0 Å². The number of rotatable bonds is 1. The van der Waals surface area contributed by atoms with Crippen LogP contribution in [0.4, 0.5) is 0 Å². The largest absolute Gasteiger partial charge is 0.506 e. The van der Waals surface area contributed by atoms with Gasteiger partial charge in [-0.25, -0.2) is 0 Å². The first-order valence-corrected chi connectivity index (χ1v) is 6.39. The Hall–Kier alpha value is -1.74. The predicted molar refractivity (Wildman–Crippen MR) is 77.9 cm³/mol. The molecule has 0 unspecified atom stereocenters. The van der Waals surface area contributed by atoms with Crippen LogP contribution in [0, 0.1) is 0 Å². The second kappa shape index (κ2) is 4.74. The highest BCUT2D eigenvalue weighted by atomic mass is 35.5. The van der Waals surface area contributed by atoms with Crippen LogP contribution in [-0.2, 0) is 5.41 Å². The summed E-state index contributed by atoms with van der Waals surface area (Å²) in [7, 11) is 0. The first-order chi connectivity index (χ1) is 8.80. The average molecular weight is 278 g/mol. The van der Waals surface area contributed by atoms with Crippen LogP contribution >= 0.6 is 11.6 Å². The quantitative estimate of drug-likeness (QED) is 0.835. The molecule has 0 aliphatic carbocycles. The number of phenols is 1. The van der Waals surface area contributed by atoms with E-state index in [4.69, 9.17) is 11.6 Å². The summed E-state index contributed by atoms with van der Waals surface area (Å²) >= 11 is 6.07. The SMILES string of the molecule is CC(C)(C)c1cc(Cl)c(O)c(-c2ccc[nH]c2=O)c1. The zero-order valence-corrected chi connectivity index (χ0v) is 11.9. The predicted octanol–water partition coefficient (Wildman–Crippen LogP) is 3.70. The molecule has 0 atom stereocenters. The minimum atomic E-state index is -0.250. The van der Waals surface area contributed by atoms with E-state index in [-0.39, 0.29) is 21.7 Å². The van der Waals surface area contributed by atoms with Crippen molar-refractivity contribution >= 4 is 11.6 Å². The molecule has 0 saturated carbocycles. The lowest BCUT2D eigenvalue weighted by Gasteiger charge is -2.21. The van der Waals surface area contributed by atoms with Gasteiger partial charge in [-0.2, -0.15) is 0 Å². The molecule has 2 rings (SSSR count). The summed E-state index contributed by atoms with van der Waals surface area (Å²) in [6.45, 7) is 6.15. The van der Waals surface area contributed by atoms with Gasteiger partial charge >= 0.3 is 0 Å². The Bertz CT molecular complexity index is 669. The molecule has 3 nitrogen and oxygen atoms in total. The van der Waals surface area contributed by atoms with Crippen LogP contribution in [-0.4, -0.2) is 10.1 Å². The molecule has 1 aromatic carbocycles. The fourth-order valence-corrected chi connectivity index (χ4v) is 2.09. The first kappa shape index (κ1) is 13.7. The van der Waals surface area contributed by atoms with Gasteiger partial charge in [0.25, 0.3) is 5.56 Å². The molecule has 0 bridgehead atoms. The number of nitrogens with one attached hydrogen (secondary N) is 1. The van der Waals surface area contributed by atoms with Gasteiger partial charge in [0.15, 0.2) is 0 Å². The maximum Gasteiger partial charge on any atom is 0.255 e. The summed E-state index contributed by atoms with van der Waals surface area (Å²) in [5.41, 5.74) is 1.47. The summed E-state index contributed by atoms with van der Waals surface area (Å²) in [5, 5.41) is 10.3. The Morgan fingerprint density at radius 1 is 1.21 bits per heavy atom. The van der Waals surface area contributed by atoms with Gasteiger partial charge in [-0.05, 0) is 35.2 Å². The van der Waals surface area contributed by atoms with Gasteiger partial charge in [0.1, 0.15) is 5.75 Å². The minimum absolute atomic E-state index is 0.0635. The number of halogens is 1. The monoisotopic (exact) mass is 277 g/mol. The molecule has 19 heavy (non-hydrogen) atoms. The number of aromatic hydroxyl groups is 1. The fraction of sp³-hybridized carbons (Fsp3) is 0.267. The number of aromatic nitrogens is 1. The van der Waals surface area contributed by atoms with Crippen molar-refractivity contribution in [3.8, 4) is 16.9 Å². The Morgan fingerprint density at radius 2 is 1.89 bits per heavy atom. The maximum absolute atomic E-state index is 11.8. The van der Waals surface area contributed by atoms with E-state index in [0.717, 1.165) is 5.56 Å². The Balaban J connectivity index is 2.74. The van der Waals surface area contributed by atoms with Gasteiger partial charge in [-0.3, -0.25) is 4.79 Å². The molecular formula is C15H16ClNO2. The molecule has 0 radical (unpaired) electrons. The highest BCUT2D eigenvalue weighted by molar-refractivity contribution is 6.32. The normalized spacial score (nSPS) is 11.6. The molecule has 1 heterocycles. The molecule has 100 valence electrons. The third kappa shape index (κ3) is 2.66. The van der Waals surface area contributed by atoms with Crippen molar-refractivity contribution in [3.63, 3.8) is 0 Å². The van der Waals surface area contributed by atoms with Crippen LogP contribution in [0.3, 0.4) is 0 Å². The lowest BCUT2D eigenvalue weighted by Crippen LogP contribution is -2.12. The van der Waals surface area contributed by atoms with Crippen molar-refractivity contribution < 1.29 is 5.11 Å². The van der Waals surface area contributed by atoms with Gasteiger partial charge in [0.2, 0.25) is 0 Å². The van der Waals surface area contributed by atoms with E-state index >= 15 is 0 Å². The zero-order chi connectivity index (χ0) is 14.2. The Morgan fingerprint density at radius 3 is 2.47 bits per heavy atom. The Labute approximate surface area is 116 Å². The number of hydrogen-bond donors (Lipinski definition) is 2. The number of H-pyrrole nitrogens is 1. The standard InChI is InChI=1S/C15H16ClNO2/c1-15(2,3)9-7-11(13(18)12(16)8-9)10-5-4-6-17-14(10)19/h4-8,18H,1-3H3,(H,17,19). The van der Waals surface area contributed by atoms with Crippen molar-refractivity contribution in [1.29, 1.82) is 0 Å². The van der Waals surface area contributed by atoms with Crippen LogP contribution in [0.5, 0.6) is 5.75 Å². The number of aromatic amines is 1. The molecule has 0 amide bonds. The lowest BCUT2D eigenvalue weighted by molar-refractivity contribution is 0.476. The summed E-state index contributed by atoms with van der Waals surface area (Å²) in [5.74, 6) is -0.0635. The maximum atomic E-state index is 11.8. The van der Waals surface area contributed by atoms with Gasteiger partial charge in [0, 0.05) is 11.8 Å². The van der Waals surface area contributed by atoms with Crippen molar-refractivity contribution in [3.05, 3.63) is 51.4 Å². The molecular weight excluding hydrogens is 262 g/mol. The zero-order valence-electron chi connectivity index (χ0n) is 11.1. The molecule has 4 heteroatoms. The molecule has 1 aromatic heterocycles. The third-order valence-electron chi connectivity index (χ3n) is 3.04. The van der Waals surface area contributed by atoms with Crippen LogP contribution in [0.1, 0.15) is 26.3 Å². The van der Waals surface area contributed by atoms with Crippen molar-refractivity contribution in [1.82, 2.24) is 4.98 Å². The van der Waals surface area contributed by atoms with E-state index in [9.17, 15) is 9.90 Å². The second-order valence-electron chi connectivity index (χ2n) is 5.52. The van der Waals surface area contributed by atoms with Crippen LogP contribution in [0.25, 0.3) is 11.1 Å². The summed E-state index contributed by atoms with van der Waals surface area (Å²) < 4.78 is 0. The third-order valence-corrected chi connectivity index (χ3v) is 3.33. The molecule has 2 aromatic rings. The van der Waals surface area contributed by atoms with Gasteiger partial charge < -0.3 is 10.1 Å². The molecule has 0 spiro atoms. The number of pyridine rings is 1. The fourth-order valence-electron chi connectivity index (χ4n) is 1.87. The van der Waals surface area contributed by atoms with Crippen molar-refractivity contribution in [2.45, 2.75) is 26.2 Å². The smallest absolute Gasteiger partial charge is 0.255 e. The number of hydrogen-bond acceptors (Lipinski definition) is 2. The van der Waals surface area contributed by atoms with E-state index < -0.39 is 0 Å². The summed E-state index contributed by atoms with van der Waals surface area (Å²) in [4.78, 5) is 14.4. The molecule has 0 fully saturated rings. The highest BCUT2D eigenvalue weighted by Gasteiger charge is 2.19. The topological polar surface area (TPSA) is 53.1 Å². The minimum Gasteiger partial charge on any atom is -0.506 e. The van der Waals surface area contributed by atoms with E-state index in [2.05, 4.69) is 25.8 Å². The average Bonchev–Trinajstić information content (AvgIpc) is 2.32. The second-order valence-corrected chi connectivity index (χ2v) is 5.92. The van der Waals surface area contributed by atoms with Gasteiger partial charge in [-0.1, -0.05) is 32.4 Å². The molecule has 0 aliphatic heterocycles. The van der Waals surface area contributed by atoms with Crippen molar-refractivity contribution in [2.24, 2.45) is 0 Å². The van der Waals surface area contributed by atoms with E-state index in [1.54, 1.807) is 24.4 Å². The van der Waals surface area contributed by atoms with Crippen LogP contribution < -0.4 is 5.56 Å². The van der Waals surface area contributed by atoms with Crippen LogP contribution in [0.2, 0.25) is 5.02 Å². The van der Waals surface area contributed by atoms with E-state index in [1.807, 2.05) is 6.07 Å². The highest BCUT2D eigenvalue weighted by Crippen LogP contribution is 2.38. The van der Waals surface area contributed by atoms with E-state index in [0.29, 0.717) is 11.1 Å². The number of phenolic OH excluding ortho intramolecular Hbond substituents is 1. The first-order valence-electron chi connectivity index (χ1n) is 6.02. The van der Waals surface area contributed by atoms with Gasteiger partial charge in [0.05, 0.1) is 10.6 Å². The van der Waals surface area contributed by atoms with Crippen molar-refractivity contribution in [2.75, 3.05) is 0 Å². The number of benzene rings is 1. The lowest BCUT2D eigenvalue weighted by atomic mass is 9.85.